The molecule has 0 amide bonds. The highest BCUT2D eigenvalue weighted by Crippen LogP contribution is 2.23. The van der Waals surface area contributed by atoms with E-state index in [2.05, 4.69) is 4.72 Å². The van der Waals surface area contributed by atoms with Gasteiger partial charge in [0.05, 0.1) is 21.7 Å². The van der Waals surface area contributed by atoms with Crippen LogP contribution in [0.15, 0.2) is 52.2 Å². The molecule has 0 saturated carbocycles. The summed E-state index contributed by atoms with van der Waals surface area (Å²) in [5.41, 5.74) is 1.52. The number of nitrogens with zero attached hydrogens (tertiary/aromatic N) is 1. The normalized spacial score (nSPS) is 11.8. The topological polar surface area (TPSA) is 77.4 Å². The summed E-state index contributed by atoms with van der Waals surface area (Å²) in [7, 11) is -3.70. The van der Waals surface area contributed by atoms with Crippen molar-refractivity contribution in [3.8, 4) is 5.75 Å². The molecule has 8 heteroatoms. The number of fused-ring (bicyclic) bond motifs is 1. The highest BCUT2D eigenvalue weighted by Gasteiger charge is 2.17. The maximum absolute atomic E-state index is 12.6. The Bertz CT molecular complexity index is 1080. The lowest BCUT2D eigenvalue weighted by molar-refractivity contribution is 0.336. The van der Waals surface area contributed by atoms with Gasteiger partial charge in [-0.05, 0) is 38.1 Å². The predicted octanol–water partition coefficient (Wildman–Crippen LogP) is 2.96. The first-order valence-corrected chi connectivity index (χ1v) is 10.6. The number of ether oxygens (including phenoxy) is 1. The van der Waals surface area contributed by atoms with Gasteiger partial charge in [0.2, 0.25) is 10.0 Å². The number of nitrogens with one attached hydrogen (secondary N) is 1. The fraction of sp³-hybridized carbons (Fsp3) is 0.278. The molecular formula is C18H20N2O4S2. The zero-order chi connectivity index (χ0) is 18.7. The lowest BCUT2D eigenvalue weighted by Gasteiger charge is -2.11. The Morgan fingerprint density at radius 3 is 2.65 bits per heavy atom. The molecule has 0 bridgehead atoms. The second kappa shape index (κ2) is 7.61. The van der Waals surface area contributed by atoms with Crippen molar-refractivity contribution in [1.29, 1.82) is 0 Å². The largest absolute Gasteiger partial charge is 0.494 e. The third-order valence-corrected chi connectivity index (χ3v) is 6.33. The van der Waals surface area contributed by atoms with E-state index in [4.69, 9.17) is 4.74 Å². The van der Waals surface area contributed by atoms with Crippen molar-refractivity contribution in [1.82, 2.24) is 9.29 Å². The fourth-order valence-electron chi connectivity index (χ4n) is 2.72. The van der Waals surface area contributed by atoms with Gasteiger partial charge in [0, 0.05) is 18.7 Å². The first kappa shape index (κ1) is 18.6. The minimum absolute atomic E-state index is 0.0874. The molecule has 0 fully saturated rings. The summed E-state index contributed by atoms with van der Waals surface area (Å²) < 4.78 is 35.7. The van der Waals surface area contributed by atoms with Gasteiger partial charge >= 0.3 is 4.87 Å². The van der Waals surface area contributed by atoms with Crippen LogP contribution in [0.5, 0.6) is 5.75 Å². The molecule has 26 heavy (non-hydrogen) atoms. The van der Waals surface area contributed by atoms with Crippen molar-refractivity contribution in [2.45, 2.75) is 31.8 Å². The van der Waals surface area contributed by atoms with Crippen LogP contribution < -0.4 is 14.3 Å². The standard InChI is InChI=1S/C18H20N2O4S2/c1-3-20-15-10-9-14(11-17(15)25-18(20)21)26(22,23)19-12-13-7-5-6-8-16(13)24-4-2/h5-11,19H,3-4,12H2,1-2H3. The SMILES string of the molecule is CCOc1ccccc1CNS(=O)(=O)c1ccc2c(c1)sc(=O)n2CC. The van der Waals surface area contributed by atoms with E-state index in [0.29, 0.717) is 23.6 Å². The van der Waals surface area contributed by atoms with Crippen molar-refractivity contribution in [2.24, 2.45) is 0 Å². The molecule has 0 aliphatic carbocycles. The zero-order valence-corrected chi connectivity index (χ0v) is 16.2. The summed E-state index contributed by atoms with van der Waals surface area (Å²) in [4.78, 5) is 12.0. The average molecular weight is 393 g/mol. The van der Waals surface area contributed by atoms with Gasteiger partial charge in [-0.2, -0.15) is 0 Å². The van der Waals surface area contributed by atoms with Gasteiger partial charge in [0.1, 0.15) is 5.75 Å². The minimum Gasteiger partial charge on any atom is -0.494 e. The third-order valence-electron chi connectivity index (χ3n) is 3.99. The number of aryl methyl sites for hydroxylation is 1. The van der Waals surface area contributed by atoms with Gasteiger partial charge in [-0.25, -0.2) is 13.1 Å². The number of para-hydroxylation sites is 1. The van der Waals surface area contributed by atoms with Crippen molar-refractivity contribution in [3.05, 3.63) is 57.7 Å². The summed E-state index contributed by atoms with van der Waals surface area (Å²) in [6.07, 6.45) is 0. The monoisotopic (exact) mass is 392 g/mol. The molecule has 1 heterocycles. The predicted molar refractivity (Wildman–Crippen MR) is 103 cm³/mol. The van der Waals surface area contributed by atoms with Crippen molar-refractivity contribution in [2.75, 3.05) is 6.61 Å². The Morgan fingerprint density at radius 2 is 1.92 bits per heavy atom. The van der Waals surface area contributed by atoms with Crippen molar-refractivity contribution < 1.29 is 13.2 Å². The van der Waals surface area contributed by atoms with Crippen LogP contribution in [-0.2, 0) is 23.1 Å². The molecule has 3 rings (SSSR count). The molecule has 0 aliphatic heterocycles. The van der Waals surface area contributed by atoms with Gasteiger partial charge < -0.3 is 4.74 Å². The number of hydrogen-bond acceptors (Lipinski definition) is 5. The van der Waals surface area contributed by atoms with Gasteiger partial charge in [-0.3, -0.25) is 9.36 Å². The van der Waals surface area contributed by atoms with E-state index in [-0.39, 0.29) is 16.3 Å². The first-order valence-electron chi connectivity index (χ1n) is 8.30. The van der Waals surface area contributed by atoms with Crippen LogP contribution in [0.4, 0.5) is 0 Å². The molecule has 0 unspecified atom stereocenters. The van der Waals surface area contributed by atoms with Gasteiger partial charge in [0.25, 0.3) is 0 Å². The summed E-state index contributed by atoms with van der Waals surface area (Å²) in [5.74, 6) is 0.659. The lowest BCUT2D eigenvalue weighted by atomic mass is 10.2. The smallest absolute Gasteiger partial charge is 0.308 e. The van der Waals surface area contributed by atoms with Crippen LogP contribution in [0.2, 0.25) is 0 Å². The van der Waals surface area contributed by atoms with Crippen LogP contribution in [0.25, 0.3) is 10.2 Å². The van der Waals surface area contributed by atoms with Gasteiger partial charge in [-0.1, -0.05) is 29.5 Å². The Kier molecular flexibility index (Phi) is 5.45. The Balaban J connectivity index is 1.87. The number of hydrogen-bond donors (Lipinski definition) is 1. The summed E-state index contributed by atoms with van der Waals surface area (Å²) >= 11 is 1.05. The number of rotatable bonds is 7. The molecule has 0 atom stereocenters. The molecule has 0 saturated heterocycles. The molecule has 2 aromatic carbocycles. The summed E-state index contributed by atoms with van der Waals surface area (Å²) in [5, 5.41) is 0. The van der Waals surface area contributed by atoms with Crippen LogP contribution in [-0.4, -0.2) is 19.6 Å². The van der Waals surface area contributed by atoms with E-state index >= 15 is 0 Å². The Morgan fingerprint density at radius 1 is 1.15 bits per heavy atom. The van der Waals surface area contributed by atoms with E-state index in [1.807, 2.05) is 38.1 Å². The molecule has 1 N–H and O–H groups in total. The molecule has 3 aromatic rings. The van der Waals surface area contributed by atoms with Crippen molar-refractivity contribution >= 4 is 31.6 Å². The van der Waals surface area contributed by atoms with Crippen molar-refractivity contribution in [3.63, 3.8) is 0 Å². The van der Waals surface area contributed by atoms with Crippen LogP contribution in [0.1, 0.15) is 19.4 Å². The summed E-state index contributed by atoms with van der Waals surface area (Å²) in [6.45, 7) is 4.95. The summed E-state index contributed by atoms with van der Waals surface area (Å²) in [6, 6.07) is 12.1. The number of thiazole rings is 1. The van der Waals surface area contributed by atoms with E-state index in [1.165, 1.54) is 6.07 Å². The highest BCUT2D eigenvalue weighted by molar-refractivity contribution is 7.89. The zero-order valence-electron chi connectivity index (χ0n) is 14.6. The quantitative estimate of drug-likeness (QED) is 0.671. The fourth-order valence-corrected chi connectivity index (χ4v) is 4.82. The molecule has 0 spiro atoms. The maximum Gasteiger partial charge on any atom is 0.308 e. The second-order valence-corrected chi connectivity index (χ2v) is 8.37. The molecular weight excluding hydrogens is 372 g/mol. The maximum atomic E-state index is 12.6. The second-order valence-electron chi connectivity index (χ2n) is 5.61. The van der Waals surface area contributed by atoms with Crippen LogP contribution in [0, 0.1) is 0 Å². The Hall–Kier alpha value is -2.16. The lowest BCUT2D eigenvalue weighted by Crippen LogP contribution is -2.23. The molecule has 1 aromatic heterocycles. The van der Waals surface area contributed by atoms with Crippen LogP contribution >= 0.6 is 11.3 Å². The van der Waals surface area contributed by atoms with E-state index in [1.54, 1.807) is 16.7 Å². The Labute approximate surface area is 156 Å². The van der Waals surface area contributed by atoms with E-state index < -0.39 is 10.0 Å². The minimum atomic E-state index is -3.70. The van der Waals surface area contributed by atoms with Gasteiger partial charge in [-0.15, -0.1) is 0 Å². The van der Waals surface area contributed by atoms with Gasteiger partial charge in [0.15, 0.2) is 0 Å². The molecule has 0 aliphatic rings. The molecule has 0 radical (unpaired) electrons. The molecule has 138 valence electrons. The number of benzene rings is 2. The first-order chi connectivity index (χ1) is 12.5. The number of aromatic nitrogens is 1. The van der Waals surface area contributed by atoms with Crippen LogP contribution in [0.3, 0.4) is 0 Å². The van der Waals surface area contributed by atoms with E-state index in [0.717, 1.165) is 22.4 Å². The average Bonchev–Trinajstić information content (AvgIpc) is 2.95. The third kappa shape index (κ3) is 3.67. The molecule has 6 nitrogen and oxygen atoms in total. The number of sulfonamides is 1. The van der Waals surface area contributed by atoms with E-state index in [9.17, 15) is 13.2 Å². The highest BCUT2D eigenvalue weighted by atomic mass is 32.2.